The van der Waals surface area contributed by atoms with E-state index in [4.69, 9.17) is 0 Å². The molecule has 0 atom stereocenters. The van der Waals surface area contributed by atoms with E-state index in [1.165, 1.54) is 0 Å². The number of phenols is 1. The lowest BCUT2D eigenvalue weighted by Gasteiger charge is -2.27. The van der Waals surface area contributed by atoms with Gasteiger partial charge in [0.25, 0.3) is 0 Å². The van der Waals surface area contributed by atoms with Crippen molar-refractivity contribution >= 4 is 6.08 Å². The van der Waals surface area contributed by atoms with Crippen LogP contribution in [0.4, 0.5) is 0 Å². The minimum Gasteiger partial charge on any atom is -0.507 e. The van der Waals surface area contributed by atoms with Crippen LogP contribution >= 0.6 is 0 Å². The Hall–Kier alpha value is -2.02. The predicted molar refractivity (Wildman–Crippen MR) is 79.7 cm³/mol. The fourth-order valence-corrected chi connectivity index (χ4v) is 1.93. The number of allylic oxidation sites excluding steroid dienone is 4. The molecule has 0 spiro atoms. The van der Waals surface area contributed by atoms with Crippen LogP contribution in [-0.4, -0.2) is 5.11 Å². The number of phenolic OH excluding ortho intramolecular Hbond substituents is 1. The van der Waals surface area contributed by atoms with Gasteiger partial charge in [-0.05, 0) is 23.3 Å². The number of hydrogen-bond donors (Lipinski definition) is 1. The van der Waals surface area contributed by atoms with Crippen molar-refractivity contribution in [2.75, 3.05) is 0 Å². The van der Waals surface area contributed by atoms with Crippen LogP contribution < -0.4 is 0 Å². The highest BCUT2D eigenvalue weighted by Gasteiger charge is 2.24. The summed E-state index contributed by atoms with van der Waals surface area (Å²) in [6, 6.07) is 5.56. The Morgan fingerprint density at radius 2 is 1.89 bits per heavy atom. The maximum absolute atomic E-state index is 9.68. The standard InChI is InChI=1S/C17H20O/c1-6-9-14(8-3)17(4,5)15-10-11-16(18)13(7-2)12-15/h6-12,18H,1-3H2,4-5H3/b14-9+. The van der Waals surface area contributed by atoms with Gasteiger partial charge in [-0.25, -0.2) is 0 Å². The molecule has 18 heavy (non-hydrogen) atoms. The van der Waals surface area contributed by atoms with Crippen molar-refractivity contribution in [3.8, 4) is 5.75 Å². The van der Waals surface area contributed by atoms with E-state index in [-0.39, 0.29) is 11.2 Å². The number of hydrogen-bond acceptors (Lipinski definition) is 1. The fraction of sp³-hybridized carbons (Fsp3) is 0.176. The Labute approximate surface area is 109 Å². The van der Waals surface area contributed by atoms with E-state index in [0.717, 1.165) is 16.7 Å². The quantitative estimate of drug-likeness (QED) is 0.745. The molecular formula is C17H20O. The van der Waals surface area contributed by atoms with Gasteiger partial charge in [-0.15, -0.1) is 0 Å². The van der Waals surface area contributed by atoms with Gasteiger partial charge in [0.2, 0.25) is 0 Å². The topological polar surface area (TPSA) is 20.2 Å². The molecule has 1 aromatic rings. The second kappa shape index (κ2) is 5.54. The summed E-state index contributed by atoms with van der Waals surface area (Å²) >= 11 is 0. The number of benzene rings is 1. The van der Waals surface area contributed by atoms with Crippen LogP contribution in [0, 0.1) is 0 Å². The second-order valence-corrected chi connectivity index (χ2v) is 4.66. The summed E-state index contributed by atoms with van der Waals surface area (Å²) in [6.45, 7) is 15.5. The zero-order valence-electron chi connectivity index (χ0n) is 11.1. The molecule has 94 valence electrons. The third kappa shape index (κ3) is 2.62. The summed E-state index contributed by atoms with van der Waals surface area (Å²) in [5.41, 5.74) is 2.73. The molecule has 1 aromatic carbocycles. The molecule has 0 amide bonds. The maximum atomic E-state index is 9.68. The molecule has 1 nitrogen and oxygen atoms in total. The third-order valence-corrected chi connectivity index (χ3v) is 3.21. The smallest absolute Gasteiger partial charge is 0.122 e. The third-order valence-electron chi connectivity index (χ3n) is 3.21. The van der Waals surface area contributed by atoms with Gasteiger partial charge in [0.1, 0.15) is 5.75 Å². The first-order valence-corrected chi connectivity index (χ1v) is 5.89. The zero-order valence-corrected chi connectivity index (χ0v) is 11.1. The molecule has 0 saturated carbocycles. The van der Waals surface area contributed by atoms with Gasteiger partial charge in [-0.3, -0.25) is 0 Å². The van der Waals surface area contributed by atoms with Crippen molar-refractivity contribution in [1.29, 1.82) is 0 Å². The van der Waals surface area contributed by atoms with Gasteiger partial charge >= 0.3 is 0 Å². The SMILES string of the molecule is C=C/C=C(\C=C)C(C)(C)c1ccc(O)c(C=C)c1. The summed E-state index contributed by atoms with van der Waals surface area (Å²) in [7, 11) is 0. The van der Waals surface area contributed by atoms with E-state index in [2.05, 4.69) is 33.6 Å². The van der Waals surface area contributed by atoms with Crippen molar-refractivity contribution in [3.63, 3.8) is 0 Å². The van der Waals surface area contributed by atoms with E-state index in [1.54, 1.807) is 18.2 Å². The van der Waals surface area contributed by atoms with Crippen LogP contribution in [0.1, 0.15) is 25.0 Å². The lowest BCUT2D eigenvalue weighted by molar-refractivity contribution is 0.473. The average Bonchev–Trinajstić information content (AvgIpc) is 2.35. The molecule has 0 bridgehead atoms. The summed E-state index contributed by atoms with van der Waals surface area (Å²) in [6.07, 6.45) is 7.20. The summed E-state index contributed by atoms with van der Waals surface area (Å²) in [5, 5.41) is 9.68. The predicted octanol–water partition coefficient (Wildman–Crippen LogP) is 4.61. The molecule has 0 aliphatic heterocycles. The largest absolute Gasteiger partial charge is 0.507 e. The Morgan fingerprint density at radius 1 is 1.22 bits per heavy atom. The normalized spacial score (nSPS) is 12.0. The minimum absolute atomic E-state index is 0.193. The molecule has 0 heterocycles. The van der Waals surface area contributed by atoms with E-state index < -0.39 is 0 Å². The molecular weight excluding hydrogens is 220 g/mol. The number of aromatic hydroxyl groups is 1. The van der Waals surface area contributed by atoms with Crippen LogP contribution in [0.15, 0.2) is 61.7 Å². The van der Waals surface area contributed by atoms with Crippen molar-refractivity contribution in [2.24, 2.45) is 0 Å². The fourth-order valence-electron chi connectivity index (χ4n) is 1.93. The first kappa shape index (κ1) is 14.0. The monoisotopic (exact) mass is 240 g/mol. The lowest BCUT2D eigenvalue weighted by Crippen LogP contribution is -2.19. The maximum Gasteiger partial charge on any atom is 0.122 e. The number of rotatable bonds is 5. The molecule has 0 aromatic heterocycles. The van der Waals surface area contributed by atoms with E-state index in [9.17, 15) is 5.11 Å². The van der Waals surface area contributed by atoms with Crippen LogP contribution in [-0.2, 0) is 5.41 Å². The average molecular weight is 240 g/mol. The highest BCUT2D eigenvalue weighted by atomic mass is 16.3. The van der Waals surface area contributed by atoms with Gasteiger partial charge in [-0.1, -0.05) is 64.0 Å². The van der Waals surface area contributed by atoms with Gasteiger partial charge in [0.05, 0.1) is 0 Å². The Balaban J connectivity index is 3.35. The lowest BCUT2D eigenvalue weighted by atomic mass is 9.77. The molecule has 0 unspecified atom stereocenters. The first-order valence-electron chi connectivity index (χ1n) is 5.89. The first-order chi connectivity index (χ1) is 8.47. The van der Waals surface area contributed by atoms with Crippen LogP contribution in [0.3, 0.4) is 0 Å². The van der Waals surface area contributed by atoms with Crippen molar-refractivity contribution in [3.05, 3.63) is 72.9 Å². The van der Waals surface area contributed by atoms with Crippen molar-refractivity contribution in [1.82, 2.24) is 0 Å². The zero-order chi connectivity index (χ0) is 13.8. The van der Waals surface area contributed by atoms with E-state index in [1.807, 2.05) is 24.3 Å². The summed E-state index contributed by atoms with van der Waals surface area (Å²) in [4.78, 5) is 0. The molecule has 0 radical (unpaired) electrons. The van der Waals surface area contributed by atoms with E-state index in [0.29, 0.717) is 0 Å². The Bertz CT molecular complexity index is 504. The van der Waals surface area contributed by atoms with E-state index >= 15 is 0 Å². The van der Waals surface area contributed by atoms with Crippen LogP contribution in [0.5, 0.6) is 5.75 Å². The molecule has 0 fully saturated rings. The van der Waals surface area contributed by atoms with Crippen molar-refractivity contribution in [2.45, 2.75) is 19.3 Å². The Kier molecular flexibility index (Phi) is 4.33. The minimum atomic E-state index is -0.193. The van der Waals surface area contributed by atoms with Gasteiger partial charge in [0.15, 0.2) is 0 Å². The van der Waals surface area contributed by atoms with Gasteiger partial charge < -0.3 is 5.11 Å². The molecule has 0 saturated heterocycles. The van der Waals surface area contributed by atoms with Crippen LogP contribution in [0.2, 0.25) is 0 Å². The van der Waals surface area contributed by atoms with Gasteiger partial charge in [-0.2, -0.15) is 0 Å². The molecule has 1 heteroatoms. The molecule has 0 aliphatic rings. The molecule has 1 N–H and O–H groups in total. The second-order valence-electron chi connectivity index (χ2n) is 4.66. The highest BCUT2D eigenvalue weighted by molar-refractivity contribution is 5.58. The molecule has 0 aliphatic carbocycles. The van der Waals surface area contributed by atoms with Crippen LogP contribution in [0.25, 0.3) is 6.08 Å². The Morgan fingerprint density at radius 3 is 2.39 bits per heavy atom. The van der Waals surface area contributed by atoms with Gasteiger partial charge in [0, 0.05) is 11.0 Å². The highest BCUT2D eigenvalue weighted by Crippen LogP contribution is 2.34. The van der Waals surface area contributed by atoms with Crippen molar-refractivity contribution < 1.29 is 5.11 Å². The summed E-state index contributed by atoms with van der Waals surface area (Å²) in [5.74, 6) is 0.248. The summed E-state index contributed by atoms with van der Waals surface area (Å²) < 4.78 is 0. The molecule has 1 rings (SSSR count).